The number of fused-ring (bicyclic) bond motifs is 1. The van der Waals surface area contributed by atoms with E-state index in [1.54, 1.807) is 10.5 Å². The molecule has 3 heterocycles. The van der Waals surface area contributed by atoms with Gasteiger partial charge < -0.3 is 9.64 Å². The summed E-state index contributed by atoms with van der Waals surface area (Å²) in [4.78, 5) is 41.2. The quantitative estimate of drug-likeness (QED) is 0.381. The highest BCUT2D eigenvalue weighted by Crippen LogP contribution is 2.51. The molecule has 2 saturated heterocycles. The minimum atomic E-state index is -0.598. The molecule has 2 aromatic rings. The maximum atomic E-state index is 13.0. The third kappa shape index (κ3) is 5.81. The lowest BCUT2D eigenvalue weighted by Crippen LogP contribution is -2.52. The van der Waals surface area contributed by atoms with Gasteiger partial charge in [-0.05, 0) is 122 Å². The monoisotopic (exact) mass is 615 g/mol. The maximum Gasteiger partial charge on any atom is 0.255 e. The Kier molecular flexibility index (Phi) is 7.61. The van der Waals surface area contributed by atoms with Gasteiger partial charge in [0, 0.05) is 30.1 Å². The Morgan fingerprint density at radius 3 is 2.45 bits per heavy atom. The average Bonchev–Trinajstić information content (AvgIpc) is 3.29. The zero-order chi connectivity index (χ0) is 30.6. The molecule has 2 aromatic carbocycles. The van der Waals surface area contributed by atoms with Crippen LogP contribution in [-0.4, -0.2) is 59.3 Å². The number of halogens is 1. The molecule has 1 spiro atoms. The van der Waals surface area contributed by atoms with E-state index < -0.39 is 6.04 Å². The predicted octanol–water partition coefficient (Wildman–Crippen LogP) is 6.39. The molecule has 7 rings (SSSR count). The zero-order valence-corrected chi connectivity index (χ0v) is 26.5. The van der Waals surface area contributed by atoms with Crippen LogP contribution in [0.4, 0.5) is 0 Å². The van der Waals surface area contributed by atoms with Gasteiger partial charge >= 0.3 is 0 Å². The number of hydrogen-bond acceptors (Lipinski definition) is 5. The van der Waals surface area contributed by atoms with Crippen molar-refractivity contribution in [3.8, 4) is 5.75 Å². The van der Waals surface area contributed by atoms with Gasteiger partial charge in [0.1, 0.15) is 11.8 Å². The van der Waals surface area contributed by atoms with E-state index in [9.17, 15) is 14.4 Å². The van der Waals surface area contributed by atoms with Crippen molar-refractivity contribution in [1.29, 1.82) is 0 Å². The number of rotatable bonds is 6. The Balaban J connectivity index is 0.932. The first kappa shape index (κ1) is 29.5. The van der Waals surface area contributed by atoms with E-state index in [2.05, 4.69) is 36.2 Å². The van der Waals surface area contributed by atoms with E-state index in [0.29, 0.717) is 29.4 Å². The molecule has 8 heteroatoms. The molecule has 7 nitrogen and oxygen atoms in total. The molecule has 2 aliphatic carbocycles. The van der Waals surface area contributed by atoms with E-state index in [-0.39, 0.29) is 30.2 Å². The number of ether oxygens (including phenoxy) is 1. The molecule has 1 atom stereocenters. The first-order valence-corrected chi connectivity index (χ1v) is 16.6. The first-order valence-electron chi connectivity index (χ1n) is 16.2. The van der Waals surface area contributed by atoms with Crippen LogP contribution in [-0.2, 0) is 16.1 Å². The fraction of sp³-hybridized carbons (Fsp3) is 0.528. The van der Waals surface area contributed by atoms with Gasteiger partial charge in [-0.25, -0.2) is 0 Å². The van der Waals surface area contributed by atoms with E-state index in [1.165, 1.54) is 36.8 Å². The molecule has 232 valence electrons. The van der Waals surface area contributed by atoms with Gasteiger partial charge in [0.2, 0.25) is 11.8 Å². The lowest BCUT2D eigenvalue weighted by Gasteiger charge is -2.52. The summed E-state index contributed by atoms with van der Waals surface area (Å²) in [6, 6.07) is 13.5. The molecular formula is C36H42ClN3O4. The second kappa shape index (κ2) is 11.3. The van der Waals surface area contributed by atoms with Crippen LogP contribution in [0.2, 0.25) is 5.02 Å². The molecule has 1 saturated carbocycles. The van der Waals surface area contributed by atoms with E-state index >= 15 is 0 Å². The van der Waals surface area contributed by atoms with E-state index in [4.69, 9.17) is 16.3 Å². The van der Waals surface area contributed by atoms with Gasteiger partial charge in [0.05, 0.1) is 6.10 Å². The van der Waals surface area contributed by atoms with Gasteiger partial charge in [0.25, 0.3) is 5.91 Å². The summed E-state index contributed by atoms with van der Waals surface area (Å²) in [5.74, 6) is -0.0144. The van der Waals surface area contributed by atoms with Crippen molar-refractivity contribution in [3.63, 3.8) is 0 Å². The molecule has 5 aliphatic rings. The summed E-state index contributed by atoms with van der Waals surface area (Å²) >= 11 is 6.20. The Morgan fingerprint density at radius 1 is 0.977 bits per heavy atom. The Hall–Kier alpha value is -3.16. The van der Waals surface area contributed by atoms with Crippen LogP contribution in [0.25, 0.3) is 5.57 Å². The molecule has 3 fully saturated rings. The molecule has 1 N–H and O–H groups in total. The minimum Gasteiger partial charge on any atom is -0.490 e. The number of nitrogens with one attached hydrogen (secondary N) is 1. The summed E-state index contributed by atoms with van der Waals surface area (Å²) in [7, 11) is 0. The number of piperidine rings is 2. The predicted molar refractivity (Wildman–Crippen MR) is 170 cm³/mol. The highest BCUT2D eigenvalue weighted by molar-refractivity contribution is 6.30. The normalized spacial score (nSPS) is 25.2. The molecule has 3 aliphatic heterocycles. The van der Waals surface area contributed by atoms with Crippen molar-refractivity contribution in [1.82, 2.24) is 15.1 Å². The van der Waals surface area contributed by atoms with E-state index in [1.807, 2.05) is 30.3 Å². The number of likely N-dealkylation sites (tertiary alicyclic amines) is 1. The van der Waals surface area contributed by atoms with E-state index in [0.717, 1.165) is 55.2 Å². The minimum absolute atomic E-state index is 0.150. The number of nitrogens with zero attached hydrogens (tertiary/aromatic N) is 2. The van der Waals surface area contributed by atoms with Gasteiger partial charge in [0.15, 0.2) is 0 Å². The third-order valence-corrected chi connectivity index (χ3v) is 11.1. The highest BCUT2D eigenvalue weighted by atomic mass is 35.5. The van der Waals surface area contributed by atoms with Crippen LogP contribution in [0.15, 0.2) is 48.0 Å². The molecule has 0 radical (unpaired) electrons. The van der Waals surface area contributed by atoms with Crippen molar-refractivity contribution < 1.29 is 19.1 Å². The Bertz CT molecular complexity index is 1510. The van der Waals surface area contributed by atoms with Gasteiger partial charge in [-0.2, -0.15) is 0 Å². The summed E-state index contributed by atoms with van der Waals surface area (Å²) in [5, 5.41) is 3.15. The topological polar surface area (TPSA) is 79.0 Å². The zero-order valence-electron chi connectivity index (χ0n) is 25.8. The third-order valence-electron chi connectivity index (χ3n) is 10.8. The fourth-order valence-corrected chi connectivity index (χ4v) is 8.26. The number of amides is 3. The second-order valence-corrected chi connectivity index (χ2v) is 15.0. The van der Waals surface area contributed by atoms with Crippen molar-refractivity contribution in [3.05, 3.63) is 69.8 Å². The number of allylic oxidation sites excluding steroid dienone is 1. The highest BCUT2D eigenvalue weighted by Gasteiger charge is 2.47. The molecule has 0 bridgehead atoms. The Morgan fingerprint density at radius 2 is 1.73 bits per heavy atom. The smallest absolute Gasteiger partial charge is 0.255 e. The summed E-state index contributed by atoms with van der Waals surface area (Å²) in [6.07, 6.45) is 8.92. The van der Waals surface area contributed by atoms with Crippen LogP contribution >= 0.6 is 11.6 Å². The lowest BCUT2D eigenvalue weighted by molar-refractivity contribution is -0.136. The number of benzene rings is 2. The molecular weight excluding hydrogens is 574 g/mol. The van der Waals surface area contributed by atoms with Gasteiger partial charge in [-0.1, -0.05) is 43.2 Å². The van der Waals surface area contributed by atoms with Crippen LogP contribution in [0.1, 0.15) is 93.1 Å². The van der Waals surface area contributed by atoms with Crippen LogP contribution in [0, 0.1) is 10.8 Å². The lowest BCUT2D eigenvalue weighted by atomic mass is 9.61. The first-order chi connectivity index (χ1) is 21.1. The Labute approximate surface area is 264 Å². The molecule has 1 unspecified atom stereocenters. The molecule has 3 amide bonds. The number of carbonyl (C=O) groups excluding carboxylic acids is 3. The van der Waals surface area contributed by atoms with Crippen LogP contribution in [0.3, 0.4) is 0 Å². The SMILES string of the molecule is CC1(C)CCC(CN2CCC3(CC2)CC(Oc2ccc4c(c2)CN(C2CCC(=O)NC2=O)C4=O)C3)=C(c2ccc(Cl)cc2)C1. The summed E-state index contributed by atoms with van der Waals surface area (Å²) < 4.78 is 6.41. The van der Waals surface area contributed by atoms with Crippen molar-refractivity contribution in [2.24, 2.45) is 10.8 Å². The van der Waals surface area contributed by atoms with Crippen molar-refractivity contribution in [2.45, 2.75) is 90.3 Å². The maximum absolute atomic E-state index is 13.0. The average molecular weight is 616 g/mol. The van der Waals surface area contributed by atoms with Gasteiger partial charge in [-0.3, -0.25) is 24.6 Å². The number of imide groups is 1. The van der Waals surface area contributed by atoms with Crippen LogP contribution in [0.5, 0.6) is 5.75 Å². The second-order valence-electron chi connectivity index (χ2n) is 14.6. The van der Waals surface area contributed by atoms with Crippen LogP contribution < -0.4 is 10.1 Å². The van der Waals surface area contributed by atoms with Gasteiger partial charge in [-0.15, -0.1) is 0 Å². The summed E-state index contributed by atoms with van der Waals surface area (Å²) in [6.45, 7) is 8.47. The van der Waals surface area contributed by atoms with Crippen molar-refractivity contribution >= 4 is 34.9 Å². The largest absolute Gasteiger partial charge is 0.490 e. The number of hydrogen-bond donors (Lipinski definition) is 1. The molecule has 0 aromatic heterocycles. The fourth-order valence-electron chi connectivity index (χ4n) is 8.13. The summed E-state index contributed by atoms with van der Waals surface area (Å²) in [5.41, 5.74) is 6.65. The van der Waals surface area contributed by atoms with Crippen molar-refractivity contribution in [2.75, 3.05) is 19.6 Å². The number of carbonyl (C=O) groups is 3. The molecule has 44 heavy (non-hydrogen) atoms. The standard InChI is InChI=1S/C36H42ClN3O4/c1-35(2)12-11-24(30(20-35)23-3-5-26(37)6-4-23)21-39-15-13-36(14-16-39)18-28(19-36)44-27-7-8-29-25(17-27)22-40(34(29)43)31-9-10-32(41)38-33(31)42/h3-8,17,28,31H,9-16,18-22H2,1-2H3,(H,38,41,42).